The number of carboxylic acids is 1. The second kappa shape index (κ2) is 11.1. The fraction of sp³-hybridized carbons (Fsp3) is 0.375. The molecule has 0 aliphatic rings. The van der Waals surface area contributed by atoms with E-state index in [2.05, 4.69) is 14.7 Å². The van der Waals surface area contributed by atoms with Gasteiger partial charge in [0.2, 0.25) is 0 Å². The average molecular weight is 531 g/mol. The lowest BCUT2D eigenvalue weighted by Crippen LogP contribution is -2.28. The number of carboxylic acid groups (broad SMARTS) is 1. The summed E-state index contributed by atoms with van der Waals surface area (Å²) in [5, 5.41) is 12.5. The zero-order valence-electron chi connectivity index (χ0n) is 19.7. The highest BCUT2D eigenvalue weighted by molar-refractivity contribution is 5.70. The SMILES string of the molecule is CC(Oc1ccc(CCN(Cc2ccc(C(F)(F)F)cc2)c2noc(C(F)(F)F)n2)cc1)C(C)C(=O)O. The number of anilines is 1. The standard InChI is InChI=1S/C24H23F6N3O4/c1-14(20(34)35)15(2)36-19-9-5-16(6-10-19)11-12-33(22-31-21(37-32-22)24(28,29)30)13-17-3-7-18(8-4-17)23(25,26)27/h3-10,14-15H,11-13H2,1-2H3,(H,34,35). The maximum absolute atomic E-state index is 13.0. The van der Waals surface area contributed by atoms with Gasteiger partial charge in [0.05, 0.1) is 11.5 Å². The summed E-state index contributed by atoms with van der Waals surface area (Å²) in [6.45, 7) is 3.20. The predicted octanol–water partition coefficient (Wildman–Crippen LogP) is 5.84. The minimum Gasteiger partial charge on any atom is -0.490 e. The second-order valence-corrected chi connectivity index (χ2v) is 8.36. The zero-order chi connectivity index (χ0) is 27.4. The van der Waals surface area contributed by atoms with Gasteiger partial charge in [-0.15, -0.1) is 0 Å². The summed E-state index contributed by atoms with van der Waals surface area (Å²) in [7, 11) is 0. The Balaban J connectivity index is 1.73. The van der Waals surface area contributed by atoms with Crippen molar-refractivity contribution in [3.63, 3.8) is 0 Å². The van der Waals surface area contributed by atoms with Gasteiger partial charge in [-0.1, -0.05) is 24.3 Å². The van der Waals surface area contributed by atoms with Crippen LogP contribution in [0.15, 0.2) is 53.1 Å². The Bertz CT molecular complexity index is 1180. The molecule has 0 aliphatic heterocycles. The van der Waals surface area contributed by atoms with Crippen molar-refractivity contribution in [2.45, 2.75) is 45.3 Å². The van der Waals surface area contributed by atoms with E-state index in [0.29, 0.717) is 17.7 Å². The molecule has 0 saturated carbocycles. The average Bonchev–Trinajstić information content (AvgIpc) is 3.33. The Hall–Kier alpha value is -3.77. The number of hydrogen-bond acceptors (Lipinski definition) is 6. The lowest BCUT2D eigenvalue weighted by atomic mass is 10.1. The first kappa shape index (κ1) is 27.8. The Morgan fingerprint density at radius 1 is 0.973 bits per heavy atom. The molecule has 0 bridgehead atoms. The quantitative estimate of drug-likeness (QED) is 0.329. The van der Waals surface area contributed by atoms with E-state index in [1.165, 1.54) is 24.0 Å². The topological polar surface area (TPSA) is 88.7 Å². The van der Waals surface area contributed by atoms with Gasteiger partial charge in [-0.2, -0.15) is 31.3 Å². The van der Waals surface area contributed by atoms with Crippen LogP contribution < -0.4 is 9.64 Å². The summed E-state index contributed by atoms with van der Waals surface area (Å²) in [6, 6.07) is 10.9. The fourth-order valence-electron chi connectivity index (χ4n) is 3.24. The van der Waals surface area contributed by atoms with Crippen molar-refractivity contribution in [3.05, 3.63) is 71.1 Å². The molecule has 2 atom stereocenters. The van der Waals surface area contributed by atoms with Crippen molar-refractivity contribution >= 4 is 11.9 Å². The van der Waals surface area contributed by atoms with E-state index >= 15 is 0 Å². The van der Waals surface area contributed by atoms with Crippen LogP contribution in [0.25, 0.3) is 0 Å². The fourth-order valence-corrected chi connectivity index (χ4v) is 3.24. The normalized spacial score (nSPS) is 13.7. The summed E-state index contributed by atoms with van der Waals surface area (Å²) in [5.74, 6) is -3.17. The van der Waals surface area contributed by atoms with Crippen molar-refractivity contribution in [3.8, 4) is 5.75 Å². The van der Waals surface area contributed by atoms with E-state index in [1.807, 2.05) is 0 Å². The first-order valence-electron chi connectivity index (χ1n) is 11.0. The summed E-state index contributed by atoms with van der Waals surface area (Å²) >= 11 is 0. The van der Waals surface area contributed by atoms with Crippen LogP contribution in [0, 0.1) is 5.92 Å². The molecule has 0 fully saturated rings. The van der Waals surface area contributed by atoms with Crippen molar-refractivity contribution in [2.24, 2.45) is 5.92 Å². The minimum absolute atomic E-state index is 0.0687. The molecule has 3 rings (SSSR count). The number of rotatable bonds is 10. The number of nitrogens with zero attached hydrogens (tertiary/aromatic N) is 3. The largest absolute Gasteiger partial charge is 0.490 e. The molecule has 2 unspecified atom stereocenters. The van der Waals surface area contributed by atoms with Crippen LogP contribution in [-0.4, -0.2) is 33.9 Å². The van der Waals surface area contributed by atoms with Gasteiger partial charge in [-0.25, -0.2) is 0 Å². The Labute approximate surface area is 207 Å². The second-order valence-electron chi connectivity index (χ2n) is 8.36. The molecule has 2 aromatic carbocycles. The first-order valence-corrected chi connectivity index (χ1v) is 11.0. The molecular formula is C24H23F6N3O4. The molecule has 0 radical (unpaired) electrons. The molecule has 37 heavy (non-hydrogen) atoms. The number of ether oxygens (including phenoxy) is 1. The monoisotopic (exact) mass is 531 g/mol. The van der Waals surface area contributed by atoms with Gasteiger partial charge in [-0.3, -0.25) is 4.79 Å². The summed E-state index contributed by atoms with van der Waals surface area (Å²) in [4.78, 5) is 15.8. The molecule has 0 aliphatic carbocycles. The van der Waals surface area contributed by atoms with Crippen LogP contribution in [-0.2, 0) is 30.1 Å². The van der Waals surface area contributed by atoms with E-state index in [1.54, 1.807) is 31.2 Å². The van der Waals surface area contributed by atoms with Crippen molar-refractivity contribution in [1.82, 2.24) is 10.1 Å². The van der Waals surface area contributed by atoms with Gasteiger partial charge in [0.1, 0.15) is 11.9 Å². The molecule has 0 spiro atoms. The third kappa shape index (κ3) is 7.61. The molecule has 0 saturated heterocycles. The van der Waals surface area contributed by atoms with Gasteiger partial charge < -0.3 is 19.3 Å². The molecule has 13 heteroatoms. The summed E-state index contributed by atoms with van der Waals surface area (Å²) in [6.07, 6.45) is -9.63. The molecule has 1 heterocycles. The molecular weight excluding hydrogens is 508 g/mol. The summed E-state index contributed by atoms with van der Waals surface area (Å²) < 4.78 is 87.4. The van der Waals surface area contributed by atoms with Crippen molar-refractivity contribution < 1.29 is 45.5 Å². The highest BCUT2D eigenvalue weighted by atomic mass is 19.4. The van der Waals surface area contributed by atoms with E-state index < -0.39 is 41.8 Å². The number of benzene rings is 2. The number of aliphatic carboxylic acids is 1. The third-order valence-corrected chi connectivity index (χ3v) is 5.60. The molecule has 200 valence electrons. The van der Waals surface area contributed by atoms with Gasteiger partial charge >= 0.3 is 24.2 Å². The number of halogens is 6. The van der Waals surface area contributed by atoms with Gasteiger partial charge in [0.15, 0.2) is 0 Å². The Morgan fingerprint density at radius 3 is 2.08 bits per heavy atom. The highest BCUT2D eigenvalue weighted by Gasteiger charge is 2.39. The molecule has 1 N–H and O–H groups in total. The highest BCUT2D eigenvalue weighted by Crippen LogP contribution is 2.31. The Morgan fingerprint density at radius 2 is 1.57 bits per heavy atom. The van der Waals surface area contributed by atoms with Crippen molar-refractivity contribution in [2.75, 3.05) is 11.4 Å². The van der Waals surface area contributed by atoms with E-state index in [9.17, 15) is 31.1 Å². The first-order chi connectivity index (χ1) is 17.2. The van der Waals surface area contributed by atoms with Gasteiger partial charge in [-0.05, 0) is 60.8 Å². The third-order valence-electron chi connectivity index (χ3n) is 5.60. The van der Waals surface area contributed by atoms with Crippen LogP contribution in [0.3, 0.4) is 0 Å². The lowest BCUT2D eigenvalue weighted by Gasteiger charge is -2.21. The van der Waals surface area contributed by atoms with Crippen LogP contribution in [0.5, 0.6) is 5.75 Å². The molecule has 3 aromatic rings. The predicted molar refractivity (Wildman–Crippen MR) is 119 cm³/mol. The minimum atomic E-state index is -4.85. The maximum Gasteiger partial charge on any atom is 0.471 e. The molecule has 7 nitrogen and oxygen atoms in total. The van der Waals surface area contributed by atoms with Crippen molar-refractivity contribution in [1.29, 1.82) is 0 Å². The number of carbonyl (C=O) groups is 1. The van der Waals surface area contributed by atoms with Crippen LogP contribution in [0.1, 0.15) is 36.4 Å². The van der Waals surface area contributed by atoms with Gasteiger partial charge in [0.25, 0.3) is 5.95 Å². The van der Waals surface area contributed by atoms with E-state index in [-0.39, 0.29) is 19.0 Å². The zero-order valence-corrected chi connectivity index (χ0v) is 19.7. The number of aromatic nitrogens is 2. The van der Waals surface area contributed by atoms with E-state index in [4.69, 9.17) is 9.84 Å². The summed E-state index contributed by atoms with van der Waals surface area (Å²) in [5.41, 5.74) is 0.316. The smallest absolute Gasteiger partial charge is 0.471 e. The van der Waals surface area contributed by atoms with E-state index in [0.717, 1.165) is 17.7 Å². The maximum atomic E-state index is 13.0. The lowest BCUT2D eigenvalue weighted by molar-refractivity contribution is -0.159. The number of alkyl halides is 6. The van der Waals surface area contributed by atoms with Crippen LogP contribution in [0.4, 0.5) is 32.3 Å². The van der Waals surface area contributed by atoms with Gasteiger partial charge in [0, 0.05) is 13.1 Å². The Kier molecular flexibility index (Phi) is 8.34. The molecule has 0 amide bonds. The molecule has 1 aromatic heterocycles. The van der Waals surface area contributed by atoms with Crippen LogP contribution in [0.2, 0.25) is 0 Å². The van der Waals surface area contributed by atoms with Crippen LogP contribution >= 0.6 is 0 Å². The number of hydrogen-bond donors (Lipinski definition) is 1.